The number of rotatable bonds is 7. The van der Waals surface area contributed by atoms with Crippen LogP contribution in [0, 0.1) is 0 Å². The second-order valence-corrected chi connectivity index (χ2v) is 6.68. The summed E-state index contributed by atoms with van der Waals surface area (Å²) < 4.78 is 7.20. The average Bonchev–Trinajstić information content (AvgIpc) is 2.64. The lowest BCUT2D eigenvalue weighted by atomic mass is 10.4. The number of nitrogens with one attached hydrogen (secondary N) is 1. The van der Waals surface area contributed by atoms with Crippen LogP contribution < -0.4 is 5.32 Å². The molecule has 6 heteroatoms. The lowest BCUT2D eigenvalue weighted by molar-refractivity contribution is 0.0916. The van der Waals surface area contributed by atoms with Crippen LogP contribution in [0.5, 0.6) is 0 Å². The minimum atomic E-state index is -0.0551. The molecule has 17 heavy (non-hydrogen) atoms. The molecule has 0 atom stereocenters. The monoisotopic (exact) mass is 383 g/mol. The Morgan fingerprint density at radius 3 is 2.82 bits per heavy atom. The molecule has 0 spiro atoms. The van der Waals surface area contributed by atoms with Crippen molar-refractivity contribution in [2.24, 2.45) is 0 Å². The van der Waals surface area contributed by atoms with Gasteiger partial charge < -0.3 is 10.1 Å². The van der Waals surface area contributed by atoms with Crippen molar-refractivity contribution in [1.82, 2.24) is 5.32 Å². The number of carbonyl (C=O) groups is 1. The molecular weight excluding hydrogens is 370 g/mol. The normalized spacial score (nSPS) is 10.5. The van der Waals surface area contributed by atoms with Crippen molar-refractivity contribution < 1.29 is 9.53 Å². The highest BCUT2D eigenvalue weighted by atomic mass is 79.9. The maximum absolute atomic E-state index is 11.7. The smallest absolute Gasteiger partial charge is 0.261 e. The fourth-order valence-electron chi connectivity index (χ4n) is 1.13. The molecule has 0 saturated carbocycles. The van der Waals surface area contributed by atoms with Gasteiger partial charge >= 0.3 is 0 Å². The molecule has 0 bridgehead atoms. The summed E-state index contributed by atoms with van der Waals surface area (Å²) in [4.78, 5) is 12.4. The van der Waals surface area contributed by atoms with E-state index in [1.54, 1.807) is 0 Å². The van der Waals surface area contributed by atoms with Crippen molar-refractivity contribution in [2.45, 2.75) is 19.8 Å². The molecule has 96 valence electrons. The molecule has 1 heterocycles. The molecule has 0 aliphatic carbocycles. The molecular formula is C11H15Br2NO2S. The summed E-state index contributed by atoms with van der Waals surface area (Å²) in [5.41, 5.74) is 0. The average molecular weight is 385 g/mol. The first kappa shape index (κ1) is 15.1. The molecule has 0 radical (unpaired) electrons. The first-order valence-electron chi connectivity index (χ1n) is 5.46. The van der Waals surface area contributed by atoms with Crippen LogP contribution in [0.4, 0.5) is 0 Å². The van der Waals surface area contributed by atoms with Crippen LogP contribution >= 0.6 is 43.2 Å². The largest absolute Gasteiger partial charge is 0.380 e. The Labute approximate surface area is 122 Å². The van der Waals surface area contributed by atoms with Gasteiger partial charge in [0.2, 0.25) is 0 Å². The van der Waals surface area contributed by atoms with Crippen LogP contribution in [0.2, 0.25) is 0 Å². The van der Waals surface area contributed by atoms with Gasteiger partial charge in [0.25, 0.3) is 5.91 Å². The minimum absolute atomic E-state index is 0.0551. The number of ether oxygens (including phenoxy) is 1. The van der Waals surface area contributed by atoms with Crippen molar-refractivity contribution >= 4 is 49.1 Å². The zero-order chi connectivity index (χ0) is 12.7. The van der Waals surface area contributed by atoms with Crippen LogP contribution in [0.25, 0.3) is 0 Å². The number of hydrogen-bond acceptors (Lipinski definition) is 3. The molecule has 1 aromatic rings. The van der Waals surface area contributed by atoms with Crippen LogP contribution in [0.1, 0.15) is 29.4 Å². The van der Waals surface area contributed by atoms with Gasteiger partial charge in [-0.15, -0.1) is 11.3 Å². The maximum atomic E-state index is 11.7. The van der Waals surface area contributed by atoms with Crippen molar-refractivity contribution in [2.75, 3.05) is 19.8 Å². The standard InChI is InChI=1S/C11H15Br2NO2S/c1-2-3-5-16-6-4-14-11(15)9-7-8(12)10(13)17-9/h7H,2-6H2,1H3,(H,14,15). The molecule has 1 aromatic heterocycles. The summed E-state index contributed by atoms with van der Waals surface area (Å²) in [6, 6.07) is 1.81. The molecule has 0 fully saturated rings. The van der Waals surface area contributed by atoms with Gasteiger partial charge in [-0.25, -0.2) is 0 Å². The molecule has 3 nitrogen and oxygen atoms in total. The second kappa shape index (κ2) is 8.24. The van der Waals surface area contributed by atoms with Gasteiger partial charge in [-0.3, -0.25) is 4.79 Å². The number of amides is 1. The summed E-state index contributed by atoms with van der Waals surface area (Å²) in [7, 11) is 0. The molecule has 1 N–H and O–H groups in total. The lowest BCUT2D eigenvalue weighted by Gasteiger charge is -2.04. The first-order chi connectivity index (χ1) is 8.15. The van der Waals surface area contributed by atoms with E-state index >= 15 is 0 Å². The molecule has 0 aliphatic heterocycles. The molecule has 0 aliphatic rings. The fraction of sp³-hybridized carbons (Fsp3) is 0.545. The van der Waals surface area contributed by atoms with E-state index in [4.69, 9.17) is 4.74 Å². The van der Waals surface area contributed by atoms with E-state index in [0.29, 0.717) is 18.0 Å². The van der Waals surface area contributed by atoms with Gasteiger partial charge in [-0.1, -0.05) is 13.3 Å². The Balaban J connectivity index is 2.21. The van der Waals surface area contributed by atoms with Gasteiger partial charge in [-0.05, 0) is 44.3 Å². The third-order valence-corrected chi connectivity index (χ3v) is 5.30. The fourth-order valence-corrected chi connectivity index (χ4v) is 3.08. The predicted molar refractivity (Wildman–Crippen MR) is 77.8 cm³/mol. The zero-order valence-electron chi connectivity index (χ0n) is 9.59. The number of thiophene rings is 1. The number of hydrogen-bond donors (Lipinski definition) is 1. The second-order valence-electron chi connectivity index (χ2n) is 3.45. The quantitative estimate of drug-likeness (QED) is 0.725. The van der Waals surface area contributed by atoms with Gasteiger partial charge in [0.05, 0.1) is 15.3 Å². The molecule has 1 amide bonds. The highest BCUT2D eigenvalue weighted by molar-refractivity contribution is 9.13. The minimum Gasteiger partial charge on any atom is -0.380 e. The summed E-state index contributed by atoms with van der Waals surface area (Å²) in [6.07, 6.45) is 2.20. The highest BCUT2D eigenvalue weighted by Gasteiger charge is 2.11. The predicted octanol–water partition coefficient (Wildman–Crippen LogP) is 3.82. The summed E-state index contributed by atoms with van der Waals surface area (Å²) in [5.74, 6) is -0.0551. The van der Waals surface area contributed by atoms with Crippen LogP contribution in [-0.2, 0) is 4.74 Å². The van der Waals surface area contributed by atoms with E-state index < -0.39 is 0 Å². The molecule has 0 unspecified atom stereocenters. The first-order valence-corrected chi connectivity index (χ1v) is 7.86. The molecule has 0 saturated heterocycles. The highest BCUT2D eigenvalue weighted by Crippen LogP contribution is 2.32. The SMILES string of the molecule is CCCCOCCNC(=O)c1cc(Br)c(Br)s1. The number of carbonyl (C=O) groups excluding carboxylic acids is 1. The summed E-state index contributed by atoms with van der Waals surface area (Å²) >= 11 is 8.13. The topological polar surface area (TPSA) is 38.3 Å². The van der Waals surface area contributed by atoms with Crippen molar-refractivity contribution in [3.63, 3.8) is 0 Å². The Morgan fingerprint density at radius 2 is 2.24 bits per heavy atom. The Bertz CT molecular complexity index is 349. The van der Waals surface area contributed by atoms with Gasteiger partial charge in [-0.2, -0.15) is 0 Å². The van der Waals surface area contributed by atoms with E-state index in [1.807, 2.05) is 6.07 Å². The Morgan fingerprint density at radius 1 is 1.47 bits per heavy atom. The van der Waals surface area contributed by atoms with Gasteiger partial charge in [0.15, 0.2) is 0 Å². The van der Waals surface area contributed by atoms with Gasteiger partial charge in [0.1, 0.15) is 0 Å². The van der Waals surface area contributed by atoms with E-state index in [-0.39, 0.29) is 5.91 Å². The van der Waals surface area contributed by atoms with E-state index in [2.05, 4.69) is 44.1 Å². The third kappa shape index (κ3) is 5.50. The van der Waals surface area contributed by atoms with Crippen LogP contribution in [0.15, 0.2) is 14.3 Å². The van der Waals surface area contributed by atoms with Gasteiger partial charge in [0, 0.05) is 17.6 Å². The van der Waals surface area contributed by atoms with E-state index in [0.717, 1.165) is 27.7 Å². The lowest BCUT2D eigenvalue weighted by Crippen LogP contribution is -2.26. The Hall–Kier alpha value is 0.0900. The number of unbranched alkanes of at least 4 members (excludes halogenated alkanes) is 1. The molecule has 0 aromatic carbocycles. The van der Waals surface area contributed by atoms with E-state index in [1.165, 1.54) is 11.3 Å². The van der Waals surface area contributed by atoms with Crippen molar-refractivity contribution in [1.29, 1.82) is 0 Å². The van der Waals surface area contributed by atoms with E-state index in [9.17, 15) is 4.79 Å². The molecule has 1 rings (SSSR count). The zero-order valence-corrected chi connectivity index (χ0v) is 13.6. The van der Waals surface area contributed by atoms with Crippen molar-refractivity contribution in [3.8, 4) is 0 Å². The number of halogens is 2. The Kier molecular flexibility index (Phi) is 7.34. The maximum Gasteiger partial charge on any atom is 0.261 e. The van der Waals surface area contributed by atoms with Crippen molar-refractivity contribution in [3.05, 3.63) is 19.2 Å². The summed E-state index contributed by atoms with van der Waals surface area (Å²) in [5, 5.41) is 2.82. The third-order valence-electron chi connectivity index (χ3n) is 2.04. The summed E-state index contributed by atoms with van der Waals surface area (Å²) in [6.45, 7) is 4.01. The van der Waals surface area contributed by atoms with Crippen LogP contribution in [0.3, 0.4) is 0 Å². The van der Waals surface area contributed by atoms with Crippen LogP contribution in [-0.4, -0.2) is 25.7 Å².